The van der Waals surface area contributed by atoms with Gasteiger partial charge in [-0.2, -0.15) is 0 Å². The SMILES string of the molecule is COc1ccc(C)cc1S(=O)(=O)N(CC(=O)Nc1cccc(F)c1)c1ccc(C)c(Cl)c1. The summed E-state index contributed by atoms with van der Waals surface area (Å²) in [5.41, 5.74) is 1.88. The summed E-state index contributed by atoms with van der Waals surface area (Å²) in [7, 11) is -2.86. The Bertz CT molecular complexity index is 1260. The van der Waals surface area contributed by atoms with Crippen molar-refractivity contribution in [1.29, 1.82) is 0 Å². The van der Waals surface area contributed by atoms with E-state index in [9.17, 15) is 17.6 Å². The van der Waals surface area contributed by atoms with Gasteiger partial charge in [0, 0.05) is 10.7 Å². The molecule has 3 rings (SSSR count). The van der Waals surface area contributed by atoms with Gasteiger partial charge in [0.15, 0.2) is 0 Å². The van der Waals surface area contributed by atoms with Crippen molar-refractivity contribution in [3.8, 4) is 5.75 Å². The summed E-state index contributed by atoms with van der Waals surface area (Å²) < 4.78 is 47.0. The highest BCUT2D eigenvalue weighted by Gasteiger charge is 2.30. The third-order valence-corrected chi connectivity index (χ3v) is 6.93. The van der Waals surface area contributed by atoms with Gasteiger partial charge in [-0.15, -0.1) is 0 Å². The Morgan fingerprint density at radius 1 is 1.09 bits per heavy atom. The van der Waals surface area contributed by atoms with E-state index in [0.717, 1.165) is 15.9 Å². The van der Waals surface area contributed by atoms with Gasteiger partial charge < -0.3 is 10.1 Å². The Balaban J connectivity index is 2.05. The van der Waals surface area contributed by atoms with Gasteiger partial charge in [0.05, 0.1) is 12.8 Å². The van der Waals surface area contributed by atoms with E-state index < -0.39 is 28.3 Å². The standard InChI is InChI=1S/C23H22ClFN2O4S/c1-15-7-10-21(31-3)22(11-15)32(29,30)27(19-9-8-16(2)20(24)13-19)14-23(28)26-18-6-4-5-17(25)12-18/h4-13H,14H2,1-3H3,(H,26,28). The number of carbonyl (C=O) groups is 1. The van der Waals surface area contributed by atoms with Crippen LogP contribution in [-0.4, -0.2) is 28.0 Å². The van der Waals surface area contributed by atoms with Crippen molar-refractivity contribution < 1.29 is 22.3 Å². The lowest BCUT2D eigenvalue weighted by molar-refractivity contribution is -0.114. The summed E-state index contributed by atoms with van der Waals surface area (Å²) >= 11 is 6.23. The normalized spacial score (nSPS) is 11.2. The van der Waals surface area contributed by atoms with Gasteiger partial charge in [0.25, 0.3) is 10.0 Å². The second kappa shape index (κ2) is 9.58. The highest BCUT2D eigenvalue weighted by atomic mass is 35.5. The third-order valence-electron chi connectivity index (χ3n) is 4.73. The number of sulfonamides is 1. The predicted octanol–water partition coefficient (Wildman–Crippen LogP) is 4.94. The molecule has 1 amide bonds. The number of benzene rings is 3. The summed E-state index contributed by atoms with van der Waals surface area (Å²) in [6.45, 7) is 2.97. The van der Waals surface area contributed by atoms with Crippen molar-refractivity contribution in [3.63, 3.8) is 0 Å². The predicted molar refractivity (Wildman–Crippen MR) is 123 cm³/mol. The van der Waals surface area contributed by atoms with Crippen LogP contribution in [0.2, 0.25) is 5.02 Å². The molecule has 0 heterocycles. The second-order valence-corrected chi connectivity index (χ2v) is 9.40. The average molecular weight is 477 g/mol. The molecular weight excluding hydrogens is 455 g/mol. The van der Waals surface area contributed by atoms with Gasteiger partial charge in [-0.25, -0.2) is 12.8 Å². The number of nitrogens with one attached hydrogen (secondary N) is 1. The van der Waals surface area contributed by atoms with Crippen LogP contribution in [0, 0.1) is 19.7 Å². The number of rotatable bonds is 7. The highest BCUT2D eigenvalue weighted by molar-refractivity contribution is 7.93. The number of amides is 1. The fourth-order valence-corrected chi connectivity index (χ4v) is 4.88. The summed E-state index contributed by atoms with van der Waals surface area (Å²) in [6, 6.07) is 14.8. The Hall–Kier alpha value is -3.10. The number of hydrogen-bond acceptors (Lipinski definition) is 4. The molecule has 0 radical (unpaired) electrons. The molecule has 0 unspecified atom stereocenters. The summed E-state index contributed by atoms with van der Waals surface area (Å²) in [4.78, 5) is 12.7. The minimum atomic E-state index is -4.23. The van der Waals surface area contributed by atoms with Gasteiger partial charge in [-0.05, 0) is 67.4 Å². The third kappa shape index (κ3) is 5.20. The minimum Gasteiger partial charge on any atom is -0.495 e. The maximum Gasteiger partial charge on any atom is 0.268 e. The largest absolute Gasteiger partial charge is 0.495 e. The molecule has 6 nitrogen and oxygen atoms in total. The van der Waals surface area contributed by atoms with E-state index in [2.05, 4.69) is 5.32 Å². The van der Waals surface area contributed by atoms with E-state index in [1.54, 1.807) is 38.1 Å². The number of carbonyl (C=O) groups excluding carboxylic acids is 1. The second-order valence-electron chi connectivity index (χ2n) is 7.16. The molecule has 0 spiro atoms. The first kappa shape index (κ1) is 23.6. The van der Waals surface area contributed by atoms with E-state index >= 15 is 0 Å². The van der Waals surface area contributed by atoms with Crippen LogP contribution in [-0.2, 0) is 14.8 Å². The maximum absolute atomic E-state index is 13.7. The quantitative estimate of drug-likeness (QED) is 0.524. The number of hydrogen-bond donors (Lipinski definition) is 1. The number of aryl methyl sites for hydroxylation is 2. The van der Waals surface area contributed by atoms with Crippen LogP contribution in [0.4, 0.5) is 15.8 Å². The van der Waals surface area contributed by atoms with E-state index in [-0.39, 0.29) is 22.0 Å². The number of anilines is 2. The highest BCUT2D eigenvalue weighted by Crippen LogP contribution is 2.32. The van der Waals surface area contributed by atoms with Crippen molar-refractivity contribution in [2.75, 3.05) is 23.3 Å². The maximum atomic E-state index is 13.7. The minimum absolute atomic E-state index is 0.0877. The lowest BCUT2D eigenvalue weighted by Gasteiger charge is -2.25. The molecule has 0 aromatic heterocycles. The van der Waals surface area contributed by atoms with E-state index in [0.29, 0.717) is 10.6 Å². The van der Waals surface area contributed by atoms with Crippen molar-refractivity contribution >= 4 is 38.9 Å². The molecule has 0 fully saturated rings. The van der Waals surface area contributed by atoms with E-state index in [1.807, 2.05) is 0 Å². The van der Waals surface area contributed by atoms with Gasteiger partial charge >= 0.3 is 0 Å². The van der Waals surface area contributed by atoms with Crippen LogP contribution in [0.5, 0.6) is 5.75 Å². The zero-order chi connectivity index (χ0) is 23.5. The zero-order valence-electron chi connectivity index (χ0n) is 17.7. The van der Waals surface area contributed by atoms with Crippen molar-refractivity contribution in [2.24, 2.45) is 0 Å². The summed E-state index contributed by atoms with van der Waals surface area (Å²) in [5.74, 6) is -1.03. The lowest BCUT2D eigenvalue weighted by Crippen LogP contribution is -2.38. The fourth-order valence-electron chi connectivity index (χ4n) is 3.05. The van der Waals surface area contributed by atoms with Crippen LogP contribution < -0.4 is 14.4 Å². The molecule has 9 heteroatoms. The first-order valence-electron chi connectivity index (χ1n) is 9.61. The summed E-state index contributed by atoms with van der Waals surface area (Å²) in [6.07, 6.45) is 0. The van der Waals surface area contributed by atoms with Crippen molar-refractivity contribution in [3.05, 3.63) is 82.6 Å². The molecule has 0 saturated heterocycles. The van der Waals surface area contributed by atoms with Gasteiger partial charge in [-0.1, -0.05) is 29.8 Å². The topological polar surface area (TPSA) is 75.7 Å². The molecule has 3 aromatic carbocycles. The van der Waals surface area contributed by atoms with Gasteiger partial charge in [0.2, 0.25) is 5.91 Å². The smallest absolute Gasteiger partial charge is 0.268 e. The molecule has 0 aliphatic rings. The molecule has 32 heavy (non-hydrogen) atoms. The molecule has 0 saturated carbocycles. The van der Waals surface area contributed by atoms with Gasteiger partial charge in [-0.3, -0.25) is 9.10 Å². The average Bonchev–Trinajstić information content (AvgIpc) is 2.74. The number of nitrogens with zero attached hydrogens (tertiary/aromatic N) is 1. The number of ether oxygens (including phenoxy) is 1. The lowest BCUT2D eigenvalue weighted by atomic mass is 10.2. The fraction of sp³-hybridized carbons (Fsp3) is 0.174. The Kier molecular flexibility index (Phi) is 7.06. The van der Waals surface area contributed by atoms with Crippen molar-refractivity contribution in [2.45, 2.75) is 18.7 Å². The number of halogens is 2. The molecule has 0 aliphatic carbocycles. The van der Waals surface area contributed by atoms with Crippen molar-refractivity contribution in [1.82, 2.24) is 0 Å². The molecular formula is C23H22ClFN2O4S. The Morgan fingerprint density at radius 3 is 2.50 bits per heavy atom. The summed E-state index contributed by atoms with van der Waals surface area (Å²) in [5, 5.41) is 2.87. The van der Waals surface area contributed by atoms with Crippen LogP contribution in [0.1, 0.15) is 11.1 Å². The zero-order valence-corrected chi connectivity index (χ0v) is 19.3. The van der Waals surface area contributed by atoms with Crippen LogP contribution >= 0.6 is 11.6 Å². The molecule has 0 aliphatic heterocycles. The molecule has 1 N–H and O–H groups in total. The van der Waals surface area contributed by atoms with Crippen LogP contribution in [0.3, 0.4) is 0 Å². The van der Waals surface area contributed by atoms with Gasteiger partial charge in [0.1, 0.15) is 23.0 Å². The Morgan fingerprint density at radius 2 is 1.84 bits per heavy atom. The van der Waals surface area contributed by atoms with Crippen LogP contribution in [0.15, 0.2) is 65.6 Å². The monoisotopic (exact) mass is 476 g/mol. The van der Waals surface area contributed by atoms with E-state index in [4.69, 9.17) is 16.3 Å². The molecule has 168 valence electrons. The molecule has 0 atom stereocenters. The number of methoxy groups -OCH3 is 1. The van der Waals surface area contributed by atoms with E-state index in [1.165, 1.54) is 37.4 Å². The van der Waals surface area contributed by atoms with Crippen LogP contribution in [0.25, 0.3) is 0 Å². The molecule has 3 aromatic rings. The first-order chi connectivity index (χ1) is 15.1. The Labute approximate surface area is 191 Å². The first-order valence-corrected chi connectivity index (χ1v) is 11.4. The molecule has 0 bridgehead atoms.